The Balaban J connectivity index is 1.80. The molecule has 166 valence electrons. The summed E-state index contributed by atoms with van der Waals surface area (Å²) < 4.78 is 47.5. The summed E-state index contributed by atoms with van der Waals surface area (Å²) in [5, 5.41) is 0. The predicted molar refractivity (Wildman–Crippen MR) is 105 cm³/mol. The van der Waals surface area contributed by atoms with E-state index in [1.165, 1.54) is 29.0 Å². The first-order valence-corrected chi connectivity index (χ1v) is 10.7. The first-order chi connectivity index (χ1) is 14.2. The average Bonchev–Trinajstić information content (AvgIpc) is 3.17. The Morgan fingerprint density at radius 3 is 2.40 bits per heavy atom. The normalized spacial score (nSPS) is 27.7. The molecule has 3 rings (SSSR count). The lowest BCUT2D eigenvalue weighted by atomic mass is 10.1. The van der Waals surface area contributed by atoms with Crippen LogP contribution >= 0.6 is 7.82 Å². The lowest BCUT2D eigenvalue weighted by molar-refractivity contribution is -0.200. The highest BCUT2D eigenvalue weighted by molar-refractivity contribution is 7.48. The number of fused-ring (bicyclic) bond motifs is 1. The number of H-pyrrole nitrogens is 1. The summed E-state index contributed by atoms with van der Waals surface area (Å²) in [5.74, 6) is -0.941. The van der Waals surface area contributed by atoms with Crippen LogP contribution in [0.25, 0.3) is 0 Å². The van der Waals surface area contributed by atoms with Gasteiger partial charge >= 0.3 is 13.5 Å². The first-order valence-electron chi connectivity index (χ1n) is 9.26. The second-order valence-corrected chi connectivity index (χ2v) is 8.73. The van der Waals surface area contributed by atoms with Crippen molar-refractivity contribution >= 4 is 7.82 Å². The third-order valence-electron chi connectivity index (χ3n) is 4.35. The first kappa shape index (κ1) is 22.8. The molecule has 12 heteroatoms. The second-order valence-electron chi connectivity index (χ2n) is 7.06. The SMILES string of the molecule is C=CCOP(=O)(OCC=C)OC[C@H]1O[C@@H](n2ccc(=O)[nH]c2=O)[C@@H]2OC(C)(C)O[C@@H]21. The summed E-state index contributed by atoms with van der Waals surface area (Å²) in [6.07, 6.45) is 1.18. The van der Waals surface area contributed by atoms with Gasteiger partial charge in [0.2, 0.25) is 0 Å². The van der Waals surface area contributed by atoms with Gasteiger partial charge in [-0.3, -0.25) is 27.9 Å². The van der Waals surface area contributed by atoms with E-state index in [1.54, 1.807) is 13.8 Å². The van der Waals surface area contributed by atoms with Gasteiger partial charge in [0, 0.05) is 12.3 Å². The number of hydrogen-bond donors (Lipinski definition) is 1. The van der Waals surface area contributed by atoms with Gasteiger partial charge in [0.15, 0.2) is 12.0 Å². The van der Waals surface area contributed by atoms with Crippen molar-refractivity contribution in [3.63, 3.8) is 0 Å². The van der Waals surface area contributed by atoms with Gasteiger partial charge in [-0.2, -0.15) is 0 Å². The summed E-state index contributed by atoms with van der Waals surface area (Å²) >= 11 is 0. The van der Waals surface area contributed by atoms with Crippen molar-refractivity contribution in [2.75, 3.05) is 19.8 Å². The molecule has 0 saturated carbocycles. The molecule has 2 aliphatic heterocycles. The van der Waals surface area contributed by atoms with Gasteiger partial charge in [-0.25, -0.2) is 9.36 Å². The van der Waals surface area contributed by atoms with Crippen molar-refractivity contribution in [3.8, 4) is 0 Å². The predicted octanol–water partition coefficient (Wildman–Crippen LogP) is 1.48. The van der Waals surface area contributed by atoms with Gasteiger partial charge in [-0.1, -0.05) is 12.2 Å². The number of nitrogens with zero attached hydrogens (tertiary/aromatic N) is 1. The molecular weight excluding hydrogens is 419 g/mol. The van der Waals surface area contributed by atoms with Crippen molar-refractivity contribution in [2.24, 2.45) is 0 Å². The second kappa shape index (κ2) is 9.11. The topological polar surface area (TPSA) is 127 Å². The molecule has 4 atom stereocenters. The van der Waals surface area contributed by atoms with Crippen LogP contribution in [0.5, 0.6) is 0 Å². The summed E-state index contributed by atoms with van der Waals surface area (Å²) in [6, 6.07) is 1.20. The number of nitrogens with one attached hydrogen (secondary N) is 1. The van der Waals surface area contributed by atoms with E-state index in [0.29, 0.717) is 0 Å². The maximum absolute atomic E-state index is 12.8. The minimum Gasteiger partial charge on any atom is -0.346 e. The molecule has 0 radical (unpaired) electrons. The van der Waals surface area contributed by atoms with Crippen LogP contribution in [-0.2, 0) is 32.3 Å². The van der Waals surface area contributed by atoms with Gasteiger partial charge in [0.25, 0.3) is 5.56 Å². The fourth-order valence-corrected chi connectivity index (χ4v) is 4.34. The van der Waals surface area contributed by atoms with Crippen LogP contribution in [0.15, 0.2) is 47.2 Å². The minimum atomic E-state index is -3.92. The van der Waals surface area contributed by atoms with E-state index in [4.69, 9.17) is 27.8 Å². The quantitative estimate of drug-likeness (QED) is 0.422. The van der Waals surface area contributed by atoms with Crippen LogP contribution in [0.1, 0.15) is 20.1 Å². The third kappa shape index (κ3) is 5.06. The highest BCUT2D eigenvalue weighted by atomic mass is 31.2. The van der Waals surface area contributed by atoms with Gasteiger partial charge in [0.05, 0.1) is 19.8 Å². The van der Waals surface area contributed by atoms with E-state index in [0.717, 1.165) is 0 Å². The molecule has 11 nitrogen and oxygen atoms in total. The van der Waals surface area contributed by atoms with Crippen LogP contribution < -0.4 is 11.2 Å². The van der Waals surface area contributed by atoms with Crippen molar-refractivity contribution in [2.45, 2.75) is 44.2 Å². The number of ether oxygens (including phenoxy) is 3. The number of rotatable bonds is 10. The molecule has 3 heterocycles. The monoisotopic (exact) mass is 444 g/mol. The number of aromatic amines is 1. The summed E-state index contributed by atoms with van der Waals surface area (Å²) in [6.45, 7) is 10.1. The zero-order valence-corrected chi connectivity index (χ0v) is 17.6. The number of hydrogen-bond acceptors (Lipinski definition) is 9. The molecule has 2 aliphatic rings. The minimum absolute atomic E-state index is 0.0476. The van der Waals surface area contributed by atoms with Crippen LogP contribution in [0.4, 0.5) is 0 Å². The Morgan fingerprint density at radius 1 is 1.17 bits per heavy atom. The van der Waals surface area contributed by atoms with Crippen LogP contribution in [0.3, 0.4) is 0 Å². The van der Waals surface area contributed by atoms with E-state index in [9.17, 15) is 14.2 Å². The van der Waals surface area contributed by atoms with E-state index >= 15 is 0 Å². The van der Waals surface area contributed by atoms with Gasteiger partial charge < -0.3 is 14.2 Å². The zero-order chi connectivity index (χ0) is 21.9. The molecule has 0 unspecified atom stereocenters. The molecule has 0 amide bonds. The maximum atomic E-state index is 12.8. The fourth-order valence-electron chi connectivity index (χ4n) is 3.21. The number of phosphoric acid groups is 1. The van der Waals surface area contributed by atoms with E-state index in [2.05, 4.69) is 18.1 Å². The lowest BCUT2D eigenvalue weighted by Crippen LogP contribution is -2.37. The average molecular weight is 444 g/mol. The summed E-state index contributed by atoms with van der Waals surface area (Å²) in [7, 11) is -3.92. The highest BCUT2D eigenvalue weighted by Gasteiger charge is 2.56. The van der Waals surface area contributed by atoms with Gasteiger partial charge in [-0.05, 0) is 13.8 Å². The third-order valence-corrected chi connectivity index (χ3v) is 5.74. The molecule has 1 aromatic rings. The smallest absolute Gasteiger partial charge is 0.346 e. The fraction of sp³-hybridized carbons (Fsp3) is 0.556. The Bertz CT molecular complexity index is 924. The Hall–Kier alpha value is -1.85. The van der Waals surface area contributed by atoms with Crippen LogP contribution in [0.2, 0.25) is 0 Å². The molecule has 30 heavy (non-hydrogen) atoms. The summed E-state index contributed by atoms with van der Waals surface area (Å²) in [4.78, 5) is 25.8. The molecule has 1 aromatic heterocycles. The number of phosphoric ester groups is 1. The molecule has 0 aliphatic carbocycles. The van der Waals surface area contributed by atoms with Gasteiger partial charge in [-0.15, -0.1) is 13.2 Å². The maximum Gasteiger partial charge on any atom is 0.475 e. The number of aromatic nitrogens is 2. The lowest BCUT2D eigenvalue weighted by Gasteiger charge is -2.25. The Labute approximate surface area is 172 Å². The van der Waals surface area contributed by atoms with Crippen LogP contribution in [-0.4, -0.2) is 53.5 Å². The Morgan fingerprint density at radius 2 is 1.80 bits per heavy atom. The van der Waals surface area contributed by atoms with E-state index < -0.39 is 49.4 Å². The van der Waals surface area contributed by atoms with E-state index in [1.807, 2.05) is 0 Å². The highest BCUT2D eigenvalue weighted by Crippen LogP contribution is 2.51. The van der Waals surface area contributed by atoms with Crippen molar-refractivity contribution in [1.82, 2.24) is 9.55 Å². The van der Waals surface area contributed by atoms with Crippen molar-refractivity contribution in [1.29, 1.82) is 0 Å². The molecule has 0 aromatic carbocycles. The molecule has 1 N–H and O–H groups in total. The summed E-state index contributed by atoms with van der Waals surface area (Å²) in [5.41, 5.74) is -1.19. The van der Waals surface area contributed by atoms with Crippen LogP contribution in [0, 0.1) is 0 Å². The molecular formula is C18H25N2O9P. The molecule has 2 fully saturated rings. The van der Waals surface area contributed by atoms with Crippen molar-refractivity contribution in [3.05, 3.63) is 58.4 Å². The largest absolute Gasteiger partial charge is 0.475 e. The molecule has 0 bridgehead atoms. The van der Waals surface area contributed by atoms with E-state index in [-0.39, 0.29) is 19.8 Å². The zero-order valence-electron chi connectivity index (χ0n) is 16.7. The molecule has 0 spiro atoms. The van der Waals surface area contributed by atoms with Gasteiger partial charge in [0.1, 0.15) is 18.3 Å². The molecule has 2 saturated heterocycles. The van der Waals surface area contributed by atoms with Crippen molar-refractivity contribution < 1.29 is 32.3 Å². The Kier molecular flexibility index (Phi) is 6.93. The standard InChI is InChI=1S/C18H25N2O9P/c1-5-9-24-30(23,25-10-6-2)26-11-12-14-15(29-18(3,4)28-14)16(27-12)20-8-7-13(21)19-17(20)22/h5-8,12,14-16H,1-2,9-11H2,3-4H3,(H,19,21,22)/t12-,14-,15-,16-/m1/s1.